The van der Waals surface area contributed by atoms with Crippen molar-refractivity contribution in [3.8, 4) is 0 Å². The molecule has 1 amide bonds. The summed E-state index contributed by atoms with van der Waals surface area (Å²) in [7, 11) is 3.89. The van der Waals surface area contributed by atoms with Crippen molar-refractivity contribution in [3.05, 3.63) is 54.1 Å². The predicted molar refractivity (Wildman–Crippen MR) is 84.0 cm³/mol. The Hall–Kier alpha value is -2.49. The van der Waals surface area contributed by atoms with Gasteiger partial charge in [0.25, 0.3) is 0 Å². The minimum absolute atomic E-state index is 0.0510. The maximum atomic E-state index is 12.1. The summed E-state index contributed by atoms with van der Waals surface area (Å²) in [6.07, 6.45) is 0.312. The Balaban J connectivity index is 2.09. The van der Waals surface area contributed by atoms with E-state index in [2.05, 4.69) is 5.32 Å². The molecule has 0 heterocycles. The smallest absolute Gasteiger partial charge is 0.228 e. The van der Waals surface area contributed by atoms with Crippen molar-refractivity contribution in [1.29, 1.82) is 0 Å². The van der Waals surface area contributed by atoms with Gasteiger partial charge in [-0.25, -0.2) is 0 Å². The van der Waals surface area contributed by atoms with E-state index in [1.165, 1.54) is 0 Å². The number of hydrogen-bond donors (Lipinski definition) is 2. The number of hydrogen-bond acceptors (Lipinski definition) is 3. The van der Waals surface area contributed by atoms with Gasteiger partial charge < -0.3 is 16.0 Å². The number of nitrogens with one attached hydrogen (secondary N) is 1. The predicted octanol–water partition coefficient (Wildman–Crippen LogP) is 2.52. The molecule has 0 aliphatic rings. The van der Waals surface area contributed by atoms with Crippen LogP contribution >= 0.6 is 0 Å². The highest BCUT2D eigenvalue weighted by Gasteiger charge is 2.08. The second kappa shape index (κ2) is 6.10. The monoisotopic (exact) mass is 269 g/mol. The highest BCUT2D eigenvalue weighted by molar-refractivity contribution is 5.95. The van der Waals surface area contributed by atoms with Crippen molar-refractivity contribution in [2.45, 2.75) is 6.42 Å². The lowest BCUT2D eigenvalue weighted by atomic mass is 10.1. The van der Waals surface area contributed by atoms with Crippen molar-refractivity contribution in [2.75, 3.05) is 30.0 Å². The van der Waals surface area contributed by atoms with Crippen LogP contribution in [0.1, 0.15) is 5.56 Å². The molecule has 4 nitrogen and oxygen atoms in total. The summed E-state index contributed by atoms with van der Waals surface area (Å²) in [5.41, 5.74) is 9.08. The number of nitrogen functional groups attached to an aromatic ring is 1. The van der Waals surface area contributed by atoms with Gasteiger partial charge in [-0.2, -0.15) is 0 Å². The summed E-state index contributed by atoms with van der Waals surface area (Å²) in [6.45, 7) is 0. The van der Waals surface area contributed by atoms with E-state index < -0.39 is 0 Å². The number of carbonyl (C=O) groups excluding carboxylic acids is 1. The molecule has 0 bridgehead atoms. The molecule has 0 aliphatic carbocycles. The molecule has 4 heteroatoms. The van der Waals surface area contributed by atoms with Gasteiger partial charge in [-0.3, -0.25) is 4.79 Å². The molecule has 0 aromatic heterocycles. The molecule has 0 saturated carbocycles. The van der Waals surface area contributed by atoms with Crippen molar-refractivity contribution in [1.82, 2.24) is 0 Å². The third-order valence-electron chi connectivity index (χ3n) is 2.98. The number of nitrogens with two attached hydrogens (primary N) is 1. The van der Waals surface area contributed by atoms with Crippen LogP contribution in [0.25, 0.3) is 0 Å². The zero-order chi connectivity index (χ0) is 14.5. The topological polar surface area (TPSA) is 58.4 Å². The zero-order valence-electron chi connectivity index (χ0n) is 11.8. The minimum Gasteiger partial charge on any atom is -0.399 e. The van der Waals surface area contributed by atoms with Gasteiger partial charge >= 0.3 is 0 Å². The summed E-state index contributed by atoms with van der Waals surface area (Å²) in [5, 5.41) is 2.94. The molecule has 104 valence electrons. The van der Waals surface area contributed by atoms with Crippen LogP contribution in [0.15, 0.2) is 48.5 Å². The third-order valence-corrected chi connectivity index (χ3v) is 2.98. The van der Waals surface area contributed by atoms with Gasteiger partial charge in [0.2, 0.25) is 5.91 Å². The second-order valence-electron chi connectivity index (χ2n) is 4.88. The normalized spacial score (nSPS) is 10.1. The van der Waals surface area contributed by atoms with Crippen LogP contribution in [0.2, 0.25) is 0 Å². The minimum atomic E-state index is -0.0510. The van der Waals surface area contributed by atoms with Gasteiger partial charge in [0.05, 0.1) is 17.8 Å². The largest absolute Gasteiger partial charge is 0.399 e. The van der Waals surface area contributed by atoms with Gasteiger partial charge in [-0.05, 0) is 29.8 Å². The summed E-state index contributed by atoms with van der Waals surface area (Å²) < 4.78 is 0. The standard InChI is InChI=1S/C16H19N3O/c1-19(2)15-9-4-3-8-14(15)18-16(20)11-12-6-5-7-13(17)10-12/h3-10H,11,17H2,1-2H3,(H,18,20). The number of rotatable bonds is 4. The summed E-state index contributed by atoms with van der Waals surface area (Å²) in [5.74, 6) is -0.0510. The van der Waals surface area contributed by atoms with E-state index in [1.807, 2.05) is 67.5 Å². The number of para-hydroxylation sites is 2. The fourth-order valence-electron chi connectivity index (χ4n) is 2.05. The van der Waals surface area contributed by atoms with Crippen LogP contribution < -0.4 is 16.0 Å². The third kappa shape index (κ3) is 3.51. The van der Waals surface area contributed by atoms with Crippen LogP contribution in [0, 0.1) is 0 Å². The molecule has 0 spiro atoms. The number of amides is 1. The van der Waals surface area contributed by atoms with E-state index >= 15 is 0 Å². The Morgan fingerprint density at radius 1 is 1.15 bits per heavy atom. The molecule has 3 N–H and O–H groups in total. The molecular formula is C16H19N3O. The molecule has 0 aliphatic heterocycles. The van der Waals surface area contributed by atoms with Crippen LogP contribution in [0.3, 0.4) is 0 Å². The first kappa shape index (κ1) is 13.9. The van der Waals surface area contributed by atoms with Crippen molar-refractivity contribution in [2.24, 2.45) is 0 Å². The lowest BCUT2D eigenvalue weighted by Gasteiger charge is -2.17. The van der Waals surface area contributed by atoms with E-state index in [9.17, 15) is 4.79 Å². The number of nitrogens with zero attached hydrogens (tertiary/aromatic N) is 1. The molecule has 0 saturated heterocycles. The molecule has 0 fully saturated rings. The first-order valence-corrected chi connectivity index (χ1v) is 6.47. The van der Waals surface area contributed by atoms with Crippen LogP contribution in [0.5, 0.6) is 0 Å². The fourth-order valence-corrected chi connectivity index (χ4v) is 2.05. The molecule has 2 aromatic rings. The maximum Gasteiger partial charge on any atom is 0.228 e. The lowest BCUT2D eigenvalue weighted by molar-refractivity contribution is -0.115. The number of benzene rings is 2. The average Bonchev–Trinajstić information content (AvgIpc) is 2.38. The van der Waals surface area contributed by atoms with E-state index in [0.29, 0.717) is 12.1 Å². The molecule has 2 rings (SSSR count). The van der Waals surface area contributed by atoms with E-state index in [0.717, 1.165) is 16.9 Å². The molecule has 2 aromatic carbocycles. The molecule has 20 heavy (non-hydrogen) atoms. The van der Waals surface area contributed by atoms with E-state index in [1.54, 1.807) is 0 Å². The average molecular weight is 269 g/mol. The van der Waals surface area contributed by atoms with E-state index in [-0.39, 0.29) is 5.91 Å². The lowest BCUT2D eigenvalue weighted by Crippen LogP contribution is -2.18. The van der Waals surface area contributed by atoms with Crippen molar-refractivity contribution in [3.63, 3.8) is 0 Å². The van der Waals surface area contributed by atoms with Crippen molar-refractivity contribution >= 4 is 23.0 Å². The van der Waals surface area contributed by atoms with Crippen LogP contribution in [-0.4, -0.2) is 20.0 Å². The highest BCUT2D eigenvalue weighted by atomic mass is 16.1. The molecule has 0 radical (unpaired) electrons. The first-order valence-electron chi connectivity index (χ1n) is 6.47. The Morgan fingerprint density at radius 3 is 2.60 bits per heavy atom. The van der Waals surface area contributed by atoms with Crippen LogP contribution in [-0.2, 0) is 11.2 Å². The molecule has 0 unspecified atom stereocenters. The summed E-state index contributed by atoms with van der Waals surface area (Å²) >= 11 is 0. The Morgan fingerprint density at radius 2 is 1.90 bits per heavy atom. The molecular weight excluding hydrogens is 250 g/mol. The fraction of sp³-hybridized carbons (Fsp3) is 0.188. The summed E-state index contributed by atoms with van der Waals surface area (Å²) in [6, 6.07) is 15.1. The van der Waals surface area contributed by atoms with Gasteiger partial charge in [0.15, 0.2) is 0 Å². The van der Waals surface area contributed by atoms with Gasteiger partial charge in [-0.15, -0.1) is 0 Å². The maximum absolute atomic E-state index is 12.1. The van der Waals surface area contributed by atoms with E-state index in [4.69, 9.17) is 5.73 Å². The van der Waals surface area contributed by atoms with Gasteiger partial charge in [0.1, 0.15) is 0 Å². The number of anilines is 3. The SMILES string of the molecule is CN(C)c1ccccc1NC(=O)Cc1cccc(N)c1. The Bertz CT molecular complexity index is 608. The Kier molecular flexibility index (Phi) is 4.25. The first-order chi connectivity index (χ1) is 9.56. The van der Waals surface area contributed by atoms with Gasteiger partial charge in [0, 0.05) is 19.8 Å². The van der Waals surface area contributed by atoms with Crippen LogP contribution in [0.4, 0.5) is 17.1 Å². The Labute approximate surface area is 119 Å². The number of carbonyl (C=O) groups is 1. The van der Waals surface area contributed by atoms with Crippen molar-refractivity contribution < 1.29 is 4.79 Å². The molecule has 0 atom stereocenters. The van der Waals surface area contributed by atoms with Gasteiger partial charge in [-0.1, -0.05) is 24.3 Å². The summed E-state index contributed by atoms with van der Waals surface area (Å²) in [4.78, 5) is 14.1. The second-order valence-corrected chi connectivity index (χ2v) is 4.88. The quantitative estimate of drug-likeness (QED) is 0.838. The highest BCUT2D eigenvalue weighted by Crippen LogP contribution is 2.23. The zero-order valence-corrected chi connectivity index (χ0v) is 11.8.